The molecule has 110 valence electrons. The number of anilines is 1. The van der Waals surface area contributed by atoms with Crippen molar-refractivity contribution in [2.75, 3.05) is 31.1 Å². The molecule has 0 amide bonds. The molecule has 1 unspecified atom stereocenters. The normalized spacial score (nSPS) is 24.3. The first-order valence-corrected chi connectivity index (χ1v) is 7.83. The van der Waals surface area contributed by atoms with Gasteiger partial charge in [-0.2, -0.15) is 0 Å². The Morgan fingerprint density at radius 1 is 1.25 bits per heavy atom. The lowest BCUT2D eigenvalue weighted by molar-refractivity contribution is 0.175. The van der Waals surface area contributed by atoms with E-state index in [1.54, 1.807) is 0 Å². The molecule has 0 saturated carbocycles. The first kappa shape index (κ1) is 13.8. The number of pyridine rings is 1. The van der Waals surface area contributed by atoms with E-state index in [4.69, 9.17) is 0 Å². The van der Waals surface area contributed by atoms with E-state index in [1.807, 2.05) is 13.1 Å². The van der Waals surface area contributed by atoms with Crippen LogP contribution in [0.5, 0.6) is 0 Å². The second-order valence-corrected chi connectivity index (χ2v) is 6.10. The highest BCUT2D eigenvalue weighted by molar-refractivity contribution is 5.54. The molecule has 2 fully saturated rings. The van der Waals surface area contributed by atoms with Crippen LogP contribution in [0.25, 0.3) is 0 Å². The van der Waals surface area contributed by atoms with Crippen LogP contribution in [0.15, 0.2) is 12.3 Å². The van der Waals surface area contributed by atoms with E-state index in [-0.39, 0.29) is 6.61 Å². The molecule has 3 heterocycles. The van der Waals surface area contributed by atoms with Crippen LogP contribution in [0.3, 0.4) is 0 Å². The van der Waals surface area contributed by atoms with E-state index in [2.05, 4.69) is 20.9 Å². The van der Waals surface area contributed by atoms with Crippen LogP contribution in [-0.2, 0) is 6.61 Å². The molecule has 4 nitrogen and oxygen atoms in total. The van der Waals surface area contributed by atoms with E-state index in [9.17, 15) is 5.11 Å². The number of aryl methyl sites for hydroxylation is 1. The van der Waals surface area contributed by atoms with Gasteiger partial charge in [0, 0.05) is 42.3 Å². The molecule has 0 aliphatic carbocycles. The summed E-state index contributed by atoms with van der Waals surface area (Å²) in [6, 6.07) is 2.81. The maximum absolute atomic E-state index is 9.51. The summed E-state index contributed by atoms with van der Waals surface area (Å²) >= 11 is 0. The first-order valence-electron chi connectivity index (χ1n) is 7.83. The number of piperidine rings is 1. The zero-order chi connectivity index (χ0) is 13.9. The molecule has 0 bridgehead atoms. The topological polar surface area (TPSA) is 39.6 Å². The third-order valence-electron chi connectivity index (χ3n) is 4.68. The summed E-state index contributed by atoms with van der Waals surface area (Å²) in [6.07, 6.45) is 7.16. The molecule has 2 aliphatic heterocycles. The Kier molecular flexibility index (Phi) is 4.22. The Morgan fingerprint density at radius 3 is 2.80 bits per heavy atom. The zero-order valence-electron chi connectivity index (χ0n) is 12.4. The molecule has 0 aromatic carbocycles. The first-order chi connectivity index (χ1) is 9.78. The zero-order valence-corrected chi connectivity index (χ0v) is 12.4. The highest BCUT2D eigenvalue weighted by atomic mass is 16.3. The summed E-state index contributed by atoms with van der Waals surface area (Å²) in [4.78, 5) is 9.39. The van der Waals surface area contributed by atoms with Gasteiger partial charge in [0.2, 0.25) is 0 Å². The number of hydrogen-bond donors (Lipinski definition) is 1. The maximum Gasteiger partial charge on any atom is 0.0717 e. The number of aliphatic hydroxyl groups excluding tert-OH is 1. The predicted octanol–water partition coefficient (Wildman–Crippen LogP) is 1.95. The summed E-state index contributed by atoms with van der Waals surface area (Å²) < 4.78 is 0. The number of nitrogens with zero attached hydrogens (tertiary/aromatic N) is 3. The van der Waals surface area contributed by atoms with Crippen molar-refractivity contribution in [1.29, 1.82) is 0 Å². The Labute approximate surface area is 121 Å². The minimum atomic E-state index is 0.0769. The summed E-state index contributed by atoms with van der Waals surface area (Å²) in [5.74, 6) is 0. The SMILES string of the molecule is Cc1cc(N2CCC(N3CCCCC3)C2)c(CO)cn1. The molecule has 0 radical (unpaired) electrons. The second kappa shape index (κ2) is 6.10. The molecular formula is C16H25N3O. The van der Waals surface area contributed by atoms with E-state index < -0.39 is 0 Å². The van der Waals surface area contributed by atoms with Crippen LogP contribution in [0.4, 0.5) is 5.69 Å². The van der Waals surface area contributed by atoms with Crippen LogP contribution in [0, 0.1) is 6.92 Å². The van der Waals surface area contributed by atoms with E-state index in [0.29, 0.717) is 6.04 Å². The van der Waals surface area contributed by atoms with E-state index in [0.717, 1.165) is 24.3 Å². The standard InChI is InChI=1S/C16H25N3O/c1-13-9-16(14(12-20)10-17-13)19-8-5-15(11-19)18-6-3-2-4-7-18/h9-10,15,20H,2-8,11-12H2,1H3. The monoisotopic (exact) mass is 275 g/mol. The van der Waals surface area contributed by atoms with Crippen molar-refractivity contribution in [2.45, 2.75) is 45.3 Å². The third kappa shape index (κ3) is 2.81. The van der Waals surface area contributed by atoms with Gasteiger partial charge in [0.25, 0.3) is 0 Å². The molecule has 1 atom stereocenters. The maximum atomic E-state index is 9.51. The predicted molar refractivity (Wildman–Crippen MR) is 80.9 cm³/mol. The molecule has 4 heteroatoms. The second-order valence-electron chi connectivity index (χ2n) is 6.10. The molecule has 3 rings (SSSR count). The molecule has 1 N–H and O–H groups in total. The average molecular weight is 275 g/mol. The Morgan fingerprint density at radius 2 is 2.05 bits per heavy atom. The van der Waals surface area contributed by atoms with Gasteiger partial charge in [-0.3, -0.25) is 9.88 Å². The van der Waals surface area contributed by atoms with Gasteiger partial charge >= 0.3 is 0 Å². The van der Waals surface area contributed by atoms with Crippen LogP contribution in [0.1, 0.15) is 36.9 Å². The van der Waals surface area contributed by atoms with Gasteiger partial charge < -0.3 is 10.0 Å². The van der Waals surface area contributed by atoms with E-state index >= 15 is 0 Å². The van der Waals surface area contributed by atoms with Crippen molar-refractivity contribution >= 4 is 5.69 Å². The van der Waals surface area contributed by atoms with Crippen molar-refractivity contribution in [1.82, 2.24) is 9.88 Å². The van der Waals surface area contributed by atoms with Gasteiger partial charge in [-0.15, -0.1) is 0 Å². The fraction of sp³-hybridized carbons (Fsp3) is 0.688. The highest BCUT2D eigenvalue weighted by Crippen LogP contribution is 2.28. The summed E-state index contributed by atoms with van der Waals surface area (Å²) in [6.45, 7) is 6.81. The van der Waals surface area contributed by atoms with Crippen molar-refractivity contribution in [3.8, 4) is 0 Å². The number of aliphatic hydroxyl groups is 1. The molecule has 2 saturated heterocycles. The fourth-order valence-corrected chi connectivity index (χ4v) is 3.53. The number of hydrogen-bond acceptors (Lipinski definition) is 4. The Hall–Kier alpha value is -1.13. The van der Waals surface area contributed by atoms with Crippen LogP contribution in [0.2, 0.25) is 0 Å². The number of aromatic nitrogens is 1. The summed E-state index contributed by atoms with van der Waals surface area (Å²) in [5, 5.41) is 9.51. The van der Waals surface area contributed by atoms with Gasteiger partial charge in [0.15, 0.2) is 0 Å². The lowest BCUT2D eigenvalue weighted by Gasteiger charge is -2.32. The van der Waals surface area contributed by atoms with Crippen molar-refractivity contribution in [3.05, 3.63) is 23.5 Å². The van der Waals surface area contributed by atoms with Crippen LogP contribution < -0.4 is 4.90 Å². The minimum absolute atomic E-state index is 0.0769. The van der Waals surface area contributed by atoms with Gasteiger partial charge in [-0.1, -0.05) is 6.42 Å². The summed E-state index contributed by atoms with van der Waals surface area (Å²) in [7, 11) is 0. The van der Waals surface area contributed by atoms with E-state index in [1.165, 1.54) is 44.5 Å². The molecule has 20 heavy (non-hydrogen) atoms. The lowest BCUT2D eigenvalue weighted by Crippen LogP contribution is -2.41. The largest absolute Gasteiger partial charge is 0.392 e. The number of likely N-dealkylation sites (tertiary alicyclic amines) is 1. The average Bonchev–Trinajstić information content (AvgIpc) is 2.98. The van der Waals surface area contributed by atoms with Crippen molar-refractivity contribution < 1.29 is 5.11 Å². The smallest absolute Gasteiger partial charge is 0.0717 e. The van der Waals surface area contributed by atoms with Crippen molar-refractivity contribution in [2.24, 2.45) is 0 Å². The van der Waals surface area contributed by atoms with Gasteiger partial charge in [-0.05, 0) is 45.3 Å². The molecule has 2 aliphatic rings. The summed E-state index contributed by atoms with van der Waals surface area (Å²) in [5.41, 5.74) is 3.16. The molecule has 0 spiro atoms. The molecule has 1 aromatic heterocycles. The van der Waals surface area contributed by atoms with Crippen LogP contribution in [-0.4, -0.2) is 47.2 Å². The van der Waals surface area contributed by atoms with Gasteiger partial charge in [0.1, 0.15) is 0 Å². The third-order valence-corrected chi connectivity index (χ3v) is 4.68. The quantitative estimate of drug-likeness (QED) is 0.915. The Bertz CT molecular complexity index is 457. The molecular weight excluding hydrogens is 250 g/mol. The van der Waals surface area contributed by atoms with Crippen LogP contribution >= 0.6 is 0 Å². The number of rotatable bonds is 3. The lowest BCUT2D eigenvalue weighted by atomic mass is 10.1. The Balaban J connectivity index is 1.71. The molecule has 1 aromatic rings. The minimum Gasteiger partial charge on any atom is -0.392 e. The van der Waals surface area contributed by atoms with Gasteiger partial charge in [0.05, 0.1) is 6.61 Å². The fourth-order valence-electron chi connectivity index (χ4n) is 3.53. The highest BCUT2D eigenvalue weighted by Gasteiger charge is 2.29. The van der Waals surface area contributed by atoms with Crippen molar-refractivity contribution in [3.63, 3.8) is 0 Å². The van der Waals surface area contributed by atoms with Gasteiger partial charge in [-0.25, -0.2) is 0 Å².